The van der Waals surface area contributed by atoms with Crippen molar-refractivity contribution in [3.05, 3.63) is 36.2 Å². The first-order chi connectivity index (χ1) is 15.9. The minimum Gasteiger partial charge on any atom is -0.346 e. The minimum atomic E-state index is 0.284. The molecule has 4 rings (SSSR count). The lowest BCUT2D eigenvalue weighted by atomic mass is 9.69. The molecule has 0 spiro atoms. The van der Waals surface area contributed by atoms with Crippen LogP contribution in [0.4, 0.5) is 0 Å². The zero-order chi connectivity index (χ0) is 23.5. The van der Waals surface area contributed by atoms with E-state index in [4.69, 9.17) is 0 Å². The van der Waals surface area contributed by atoms with Gasteiger partial charge in [0.25, 0.3) is 0 Å². The fourth-order valence-electron chi connectivity index (χ4n) is 7.58. The van der Waals surface area contributed by atoms with Crippen LogP contribution in [0.5, 0.6) is 0 Å². The van der Waals surface area contributed by atoms with E-state index < -0.39 is 0 Å². The number of piperazine rings is 1. The molecule has 0 radical (unpaired) electrons. The summed E-state index contributed by atoms with van der Waals surface area (Å²) in [5, 5.41) is 9.49. The zero-order valence-corrected chi connectivity index (χ0v) is 21.5. The highest BCUT2D eigenvalue weighted by molar-refractivity contribution is 5.15. The highest BCUT2D eigenvalue weighted by Gasteiger charge is 2.43. The fraction of sp³-hybridized carbons (Fsp3) is 0.759. The van der Waals surface area contributed by atoms with E-state index in [0.717, 1.165) is 37.8 Å². The predicted octanol–water partition coefficient (Wildman–Crippen LogP) is 6.12. The van der Waals surface area contributed by atoms with E-state index in [1.807, 2.05) is 0 Å². The maximum Gasteiger partial charge on any atom is 0.0655 e. The first kappa shape index (κ1) is 24.6. The zero-order valence-electron chi connectivity index (χ0n) is 21.5. The van der Waals surface area contributed by atoms with Gasteiger partial charge < -0.3 is 4.57 Å². The third kappa shape index (κ3) is 5.25. The molecule has 4 nitrogen and oxygen atoms in total. The third-order valence-corrected chi connectivity index (χ3v) is 9.21. The second kappa shape index (κ2) is 10.8. The maximum atomic E-state index is 9.49. The van der Waals surface area contributed by atoms with Gasteiger partial charge in [0.05, 0.1) is 6.07 Å². The van der Waals surface area contributed by atoms with E-state index in [1.54, 1.807) is 0 Å². The second-order valence-corrected chi connectivity index (χ2v) is 11.4. The van der Waals surface area contributed by atoms with Crippen molar-refractivity contribution in [2.75, 3.05) is 19.6 Å². The molecule has 3 aliphatic rings. The van der Waals surface area contributed by atoms with Crippen molar-refractivity contribution in [2.45, 2.75) is 103 Å². The molecule has 1 saturated heterocycles. The van der Waals surface area contributed by atoms with E-state index in [2.05, 4.69) is 72.9 Å². The lowest BCUT2D eigenvalue weighted by molar-refractivity contribution is -0.0373. The Morgan fingerprint density at radius 3 is 2.33 bits per heavy atom. The summed E-state index contributed by atoms with van der Waals surface area (Å²) < 4.78 is 2.63. The van der Waals surface area contributed by atoms with Gasteiger partial charge in [0.2, 0.25) is 0 Å². The fourth-order valence-corrected chi connectivity index (χ4v) is 7.58. The number of nitriles is 1. The first-order valence-electron chi connectivity index (χ1n) is 13.6. The largest absolute Gasteiger partial charge is 0.346 e. The molecule has 0 bridgehead atoms. The predicted molar refractivity (Wildman–Crippen MR) is 137 cm³/mol. The van der Waals surface area contributed by atoms with Crippen LogP contribution in [0.2, 0.25) is 0 Å². The molecule has 2 heterocycles. The second-order valence-electron chi connectivity index (χ2n) is 11.4. The number of aromatic nitrogens is 1. The summed E-state index contributed by atoms with van der Waals surface area (Å²) >= 11 is 0. The molecule has 4 heteroatoms. The van der Waals surface area contributed by atoms with Gasteiger partial charge in [0.15, 0.2) is 0 Å². The standard InChI is InChI=1S/C29H46N4/c1-6-16-31-19-24(5)32(20-23(31)4)29(26-14-12-25(18-30)13-15-26)27-8-7-9-28(17-27)33-21(2)10-11-22(33)3/h6,10-11,23-29H,1,7-9,12-17,19-20H2,2-5H3/t23-,24+,25?,26?,27?,28?,29-/m1/s1. The topological polar surface area (TPSA) is 35.2 Å². The van der Waals surface area contributed by atoms with Crippen molar-refractivity contribution in [3.63, 3.8) is 0 Å². The van der Waals surface area contributed by atoms with E-state index in [-0.39, 0.29) is 5.92 Å². The average Bonchev–Trinajstić information content (AvgIpc) is 3.16. The van der Waals surface area contributed by atoms with Gasteiger partial charge in [-0.2, -0.15) is 5.26 Å². The molecular formula is C29H46N4. The number of aryl methyl sites for hydroxylation is 2. The number of nitrogens with zero attached hydrogens (tertiary/aromatic N) is 4. The van der Waals surface area contributed by atoms with Gasteiger partial charge in [0, 0.05) is 61.1 Å². The van der Waals surface area contributed by atoms with Crippen LogP contribution >= 0.6 is 0 Å². The van der Waals surface area contributed by atoms with Crippen molar-refractivity contribution in [1.82, 2.24) is 14.4 Å². The van der Waals surface area contributed by atoms with Crippen LogP contribution in [0.1, 0.15) is 82.6 Å². The van der Waals surface area contributed by atoms with Gasteiger partial charge in [-0.05, 0) is 96.6 Å². The van der Waals surface area contributed by atoms with Crippen molar-refractivity contribution in [2.24, 2.45) is 17.8 Å². The van der Waals surface area contributed by atoms with E-state index in [0.29, 0.717) is 24.2 Å². The van der Waals surface area contributed by atoms with Crippen LogP contribution in [-0.2, 0) is 0 Å². The summed E-state index contributed by atoms with van der Waals surface area (Å²) in [7, 11) is 0. The van der Waals surface area contributed by atoms with Gasteiger partial charge in [0.1, 0.15) is 0 Å². The van der Waals surface area contributed by atoms with Crippen molar-refractivity contribution >= 4 is 0 Å². The third-order valence-electron chi connectivity index (χ3n) is 9.21. The van der Waals surface area contributed by atoms with E-state index in [9.17, 15) is 5.26 Å². The molecule has 0 N–H and O–H groups in total. The van der Waals surface area contributed by atoms with Crippen LogP contribution in [0.3, 0.4) is 0 Å². The Labute approximate surface area is 202 Å². The Bertz CT molecular complexity index is 808. The molecule has 5 atom stereocenters. The Balaban J connectivity index is 1.58. The monoisotopic (exact) mass is 450 g/mol. The van der Waals surface area contributed by atoms with Crippen molar-refractivity contribution in [3.8, 4) is 6.07 Å². The molecule has 1 aromatic rings. The molecule has 3 fully saturated rings. The number of hydrogen-bond donors (Lipinski definition) is 0. The van der Waals surface area contributed by atoms with Crippen LogP contribution < -0.4 is 0 Å². The molecule has 1 aliphatic heterocycles. The van der Waals surface area contributed by atoms with Crippen LogP contribution in [0.15, 0.2) is 24.8 Å². The normalized spacial score (nSPS) is 35.1. The van der Waals surface area contributed by atoms with Crippen molar-refractivity contribution < 1.29 is 0 Å². The van der Waals surface area contributed by atoms with E-state index >= 15 is 0 Å². The van der Waals surface area contributed by atoms with Crippen LogP contribution in [0, 0.1) is 42.9 Å². The van der Waals surface area contributed by atoms with E-state index in [1.165, 1.54) is 56.5 Å². The quantitative estimate of drug-likeness (QED) is 0.490. The summed E-state index contributed by atoms with van der Waals surface area (Å²) in [6.07, 6.45) is 12.1. The smallest absolute Gasteiger partial charge is 0.0655 e. The summed E-state index contributed by atoms with van der Waals surface area (Å²) in [5.74, 6) is 1.78. The lowest BCUT2D eigenvalue weighted by Gasteiger charge is -2.53. The van der Waals surface area contributed by atoms with Gasteiger partial charge >= 0.3 is 0 Å². The highest BCUT2D eigenvalue weighted by Crippen LogP contribution is 2.44. The molecule has 33 heavy (non-hydrogen) atoms. The van der Waals surface area contributed by atoms with Gasteiger partial charge in [-0.25, -0.2) is 0 Å². The van der Waals surface area contributed by atoms with Gasteiger partial charge in [-0.1, -0.05) is 12.5 Å². The first-order valence-corrected chi connectivity index (χ1v) is 13.6. The Kier molecular flexibility index (Phi) is 8.03. The maximum absolute atomic E-state index is 9.49. The molecule has 2 unspecified atom stereocenters. The Morgan fingerprint density at radius 1 is 1.00 bits per heavy atom. The number of rotatable bonds is 6. The molecule has 0 amide bonds. The van der Waals surface area contributed by atoms with Crippen molar-refractivity contribution in [1.29, 1.82) is 5.26 Å². The number of hydrogen-bond acceptors (Lipinski definition) is 3. The summed E-state index contributed by atoms with van der Waals surface area (Å²) in [6.45, 7) is 16.7. The summed E-state index contributed by atoms with van der Waals surface area (Å²) in [6, 6.07) is 9.61. The summed E-state index contributed by atoms with van der Waals surface area (Å²) in [4.78, 5) is 5.53. The van der Waals surface area contributed by atoms with Gasteiger partial charge in [-0.15, -0.1) is 6.58 Å². The van der Waals surface area contributed by atoms with Crippen LogP contribution in [-0.4, -0.2) is 52.1 Å². The lowest BCUT2D eigenvalue weighted by Crippen LogP contribution is -2.62. The SMILES string of the molecule is C=CCN1C[C@H](C)N([C@H](C2CCC(C#N)CC2)C2CCCC(n3c(C)ccc3C)C2)C[C@H]1C. The molecule has 0 aromatic carbocycles. The highest BCUT2D eigenvalue weighted by atomic mass is 15.3. The van der Waals surface area contributed by atoms with Gasteiger partial charge in [-0.3, -0.25) is 9.80 Å². The Morgan fingerprint density at radius 2 is 1.70 bits per heavy atom. The van der Waals surface area contributed by atoms with Crippen LogP contribution in [0.25, 0.3) is 0 Å². The molecule has 2 saturated carbocycles. The summed E-state index contributed by atoms with van der Waals surface area (Å²) in [5.41, 5.74) is 2.84. The molecular weight excluding hydrogens is 404 g/mol. The molecule has 2 aliphatic carbocycles. The minimum absolute atomic E-state index is 0.284. The molecule has 1 aromatic heterocycles. The Hall–Kier alpha value is -1.57. The average molecular weight is 451 g/mol. The molecule has 182 valence electrons.